The standard InChI is InChI=1S/C19H37N3O2/c1-18(2,3)24-17(23)22-13-11-21(12-14-22)10-6-9-20-16-7-8-19(4,5)15-16/h16,20H,6-15H2,1-5H3. The molecule has 1 atom stereocenters. The highest BCUT2D eigenvalue weighted by molar-refractivity contribution is 5.68. The second-order valence-electron chi connectivity index (χ2n) is 9.22. The molecule has 0 spiro atoms. The maximum absolute atomic E-state index is 12.1. The van der Waals surface area contributed by atoms with Crippen molar-refractivity contribution >= 4 is 6.09 Å². The maximum atomic E-state index is 12.1. The first kappa shape index (κ1) is 19.5. The Hall–Kier alpha value is -0.810. The van der Waals surface area contributed by atoms with Gasteiger partial charge >= 0.3 is 6.09 Å². The number of hydrogen-bond acceptors (Lipinski definition) is 4. The molecule has 1 aliphatic carbocycles. The van der Waals surface area contributed by atoms with Crippen LogP contribution in [0.4, 0.5) is 4.79 Å². The van der Waals surface area contributed by atoms with Crippen molar-refractivity contribution in [3.8, 4) is 0 Å². The number of amides is 1. The van der Waals surface area contributed by atoms with Crippen molar-refractivity contribution in [2.45, 2.75) is 71.9 Å². The summed E-state index contributed by atoms with van der Waals surface area (Å²) in [5.74, 6) is 0. The van der Waals surface area contributed by atoms with Gasteiger partial charge in [0.1, 0.15) is 5.60 Å². The van der Waals surface area contributed by atoms with Crippen molar-refractivity contribution in [2.75, 3.05) is 39.3 Å². The van der Waals surface area contributed by atoms with Gasteiger partial charge in [-0.1, -0.05) is 13.8 Å². The molecule has 1 amide bonds. The lowest BCUT2D eigenvalue weighted by atomic mass is 9.92. The van der Waals surface area contributed by atoms with Crippen LogP contribution in [0.2, 0.25) is 0 Å². The summed E-state index contributed by atoms with van der Waals surface area (Å²) in [6.45, 7) is 16.2. The first-order chi connectivity index (χ1) is 11.1. The topological polar surface area (TPSA) is 44.8 Å². The zero-order valence-corrected chi connectivity index (χ0v) is 16.4. The maximum Gasteiger partial charge on any atom is 0.410 e. The molecule has 1 aliphatic heterocycles. The minimum Gasteiger partial charge on any atom is -0.444 e. The molecule has 0 aromatic heterocycles. The largest absolute Gasteiger partial charge is 0.444 e. The number of nitrogens with one attached hydrogen (secondary N) is 1. The van der Waals surface area contributed by atoms with Gasteiger partial charge in [0.2, 0.25) is 0 Å². The SMILES string of the molecule is CC1(C)CCC(NCCCN2CCN(C(=O)OC(C)(C)C)CC2)C1. The predicted molar refractivity (Wildman–Crippen MR) is 98.3 cm³/mol. The van der Waals surface area contributed by atoms with Crippen LogP contribution in [0.25, 0.3) is 0 Å². The smallest absolute Gasteiger partial charge is 0.410 e. The number of rotatable bonds is 5. The van der Waals surface area contributed by atoms with Gasteiger partial charge < -0.3 is 15.0 Å². The number of carbonyl (C=O) groups excluding carboxylic acids is 1. The number of carbonyl (C=O) groups is 1. The molecular weight excluding hydrogens is 302 g/mol. The van der Waals surface area contributed by atoms with Crippen LogP contribution >= 0.6 is 0 Å². The molecule has 5 nitrogen and oxygen atoms in total. The van der Waals surface area contributed by atoms with Crippen molar-refractivity contribution in [1.82, 2.24) is 15.1 Å². The minimum absolute atomic E-state index is 0.173. The second kappa shape index (κ2) is 8.05. The van der Waals surface area contributed by atoms with Crippen LogP contribution in [0.1, 0.15) is 60.3 Å². The van der Waals surface area contributed by atoms with Gasteiger partial charge in [0.05, 0.1) is 0 Å². The summed E-state index contributed by atoms with van der Waals surface area (Å²) >= 11 is 0. The zero-order chi connectivity index (χ0) is 17.8. The molecule has 0 aromatic carbocycles. The first-order valence-electron chi connectivity index (χ1n) is 9.58. The lowest BCUT2D eigenvalue weighted by molar-refractivity contribution is 0.0144. The lowest BCUT2D eigenvalue weighted by Crippen LogP contribution is -2.50. The number of ether oxygens (including phenoxy) is 1. The van der Waals surface area contributed by atoms with E-state index in [0.717, 1.165) is 39.3 Å². The fourth-order valence-electron chi connectivity index (χ4n) is 3.70. The molecule has 0 radical (unpaired) electrons. The average Bonchev–Trinajstić information content (AvgIpc) is 2.82. The normalized spacial score (nSPS) is 25.0. The Bertz CT molecular complexity index is 409. The highest BCUT2D eigenvalue weighted by Gasteiger charge is 2.30. The summed E-state index contributed by atoms with van der Waals surface area (Å²) in [4.78, 5) is 16.3. The molecule has 1 N–H and O–H groups in total. The van der Waals surface area contributed by atoms with E-state index in [1.165, 1.54) is 25.7 Å². The summed E-state index contributed by atoms with van der Waals surface area (Å²) in [5.41, 5.74) is 0.115. The summed E-state index contributed by atoms with van der Waals surface area (Å²) in [7, 11) is 0. The van der Waals surface area contributed by atoms with E-state index in [4.69, 9.17) is 4.74 Å². The van der Waals surface area contributed by atoms with Crippen LogP contribution in [-0.4, -0.2) is 66.8 Å². The van der Waals surface area contributed by atoms with Crippen molar-refractivity contribution in [2.24, 2.45) is 5.41 Å². The summed E-state index contributed by atoms with van der Waals surface area (Å²) in [6, 6.07) is 0.712. The molecule has 5 heteroatoms. The van der Waals surface area contributed by atoms with Gasteiger partial charge in [-0.05, 0) is 65.0 Å². The number of nitrogens with zero attached hydrogens (tertiary/aromatic N) is 2. The Morgan fingerprint density at radius 3 is 2.42 bits per heavy atom. The molecule has 140 valence electrons. The van der Waals surface area contributed by atoms with E-state index in [0.29, 0.717) is 11.5 Å². The average molecular weight is 340 g/mol. The van der Waals surface area contributed by atoms with E-state index in [1.807, 2.05) is 25.7 Å². The Labute approximate surface area is 148 Å². The third-order valence-electron chi connectivity index (χ3n) is 5.08. The van der Waals surface area contributed by atoms with Gasteiger partial charge in [-0.2, -0.15) is 0 Å². The van der Waals surface area contributed by atoms with Crippen LogP contribution in [0, 0.1) is 5.41 Å². The van der Waals surface area contributed by atoms with E-state index < -0.39 is 5.60 Å². The van der Waals surface area contributed by atoms with Crippen molar-refractivity contribution < 1.29 is 9.53 Å². The third kappa shape index (κ3) is 6.60. The minimum atomic E-state index is -0.408. The van der Waals surface area contributed by atoms with Crippen molar-refractivity contribution in [3.63, 3.8) is 0 Å². The van der Waals surface area contributed by atoms with Gasteiger partial charge in [0, 0.05) is 32.2 Å². The lowest BCUT2D eigenvalue weighted by Gasteiger charge is -2.35. The van der Waals surface area contributed by atoms with Gasteiger partial charge in [-0.15, -0.1) is 0 Å². The van der Waals surface area contributed by atoms with Gasteiger partial charge in [0.25, 0.3) is 0 Å². The number of hydrogen-bond donors (Lipinski definition) is 1. The van der Waals surface area contributed by atoms with Crippen molar-refractivity contribution in [1.29, 1.82) is 0 Å². The molecule has 0 aromatic rings. The Kier molecular flexibility index (Phi) is 6.54. The predicted octanol–water partition coefficient (Wildman–Crippen LogP) is 3.10. The molecule has 1 unspecified atom stereocenters. The van der Waals surface area contributed by atoms with E-state index in [-0.39, 0.29) is 6.09 Å². The monoisotopic (exact) mass is 339 g/mol. The quantitative estimate of drug-likeness (QED) is 0.782. The van der Waals surface area contributed by atoms with Crippen LogP contribution in [0.5, 0.6) is 0 Å². The zero-order valence-electron chi connectivity index (χ0n) is 16.4. The van der Waals surface area contributed by atoms with Crippen LogP contribution in [0.15, 0.2) is 0 Å². The third-order valence-corrected chi connectivity index (χ3v) is 5.08. The van der Waals surface area contributed by atoms with Gasteiger partial charge in [-0.25, -0.2) is 4.79 Å². The molecule has 2 rings (SSSR count). The molecule has 2 fully saturated rings. The molecular formula is C19H37N3O2. The molecule has 1 saturated heterocycles. The Balaban J connectivity index is 1.56. The Morgan fingerprint density at radius 1 is 1.21 bits per heavy atom. The molecule has 0 bridgehead atoms. The van der Waals surface area contributed by atoms with E-state index in [2.05, 4.69) is 24.1 Å². The summed E-state index contributed by atoms with van der Waals surface area (Å²) in [5, 5.41) is 3.72. The fourth-order valence-corrected chi connectivity index (χ4v) is 3.70. The highest BCUT2D eigenvalue weighted by atomic mass is 16.6. The fraction of sp³-hybridized carbons (Fsp3) is 0.947. The van der Waals surface area contributed by atoms with E-state index in [1.54, 1.807) is 0 Å². The van der Waals surface area contributed by atoms with Crippen molar-refractivity contribution in [3.05, 3.63) is 0 Å². The second-order valence-corrected chi connectivity index (χ2v) is 9.22. The van der Waals surface area contributed by atoms with Gasteiger partial charge in [0.15, 0.2) is 0 Å². The summed E-state index contributed by atoms with van der Waals surface area (Å²) < 4.78 is 5.44. The number of piperazine rings is 1. The first-order valence-corrected chi connectivity index (χ1v) is 9.58. The van der Waals surface area contributed by atoms with Crippen LogP contribution < -0.4 is 5.32 Å². The van der Waals surface area contributed by atoms with E-state index in [9.17, 15) is 4.79 Å². The summed E-state index contributed by atoms with van der Waals surface area (Å²) in [6.07, 6.45) is 4.98. The highest BCUT2D eigenvalue weighted by Crippen LogP contribution is 2.36. The van der Waals surface area contributed by atoms with Gasteiger partial charge in [-0.3, -0.25) is 4.90 Å². The van der Waals surface area contributed by atoms with Crippen LogP contribution in [-0.2, 0) is 4.74 Å². The molecule has 1 heterocycles. The molecule has 1 saturated carbocycles. The van der Waals surface area contributed by atoms with Crippen LogP contribution in [0.3, 0.4) is 0 Å². The molecule has 2 aliphatic rings. The molecule has 24 heavy (non-hydrogen) atoms. The van der Waals surface area contributed by atoms with E-state index >= 15 is 0 Å². The Morgan fingerprint density at radius 2 is 1.88 bits per heavy atom.